The van der Waals surface area contributed by atoms with E-state index >= 15 is 0 Å². The molecule has 4 rings (SSSR count). The average molecular weight is 349 g/mol. The minimum atomic E-state index is -0.352. The Morgan fingerprint density at radius 1 is 1.23 bits per heavy atom. The Morgan fingerprint density at radius 2 is 2.04 bits per heavy atom. The van der Waals surface area contributed by atoms with Gasteiger partial charge >= 0.3 is 0 Å². The predicted octanol–water partition coefficient (Wildman–Crippen LogP) is 3.13. The second-order valence-electron chi connectivity index (χ2n) is 7.15. The van der Waals surface area contributed by atoms with Crippen molar-refractivity contribution < 1.29 is 9.47 Å². The third-order valence-corrected chi connectivity index (χ3v) is 5.57. The van der Waals surface area contributed by atoms with E-state index < -0.39 is 0 Å². The molecule has 1 aromatic heterocycles. The molecule has 2 aliphatic rings. The van der Waals surface area contributed by atoms with Gasteiger partial charge in [0.1, 0.15) is 0 Å². The number of aromatic nitrogens is 1. The Labute approximate surface area is 154 Å². The van der Waals surface area contributed by atoms with Crippen molar-refractivity contribution in [1.29, 1.82) is 5.26 Å². The highest BCUT2D eigenvalue weighted by molar-refractivity contribution is 5.37. The molecular weight excluding hydrogens is 326 g/mol. The van der Waals surface area contributed by atoms with Crippen LogP contribution in [0.5, 0.6) is 5.88 Å². The third kappa shape index (κ3) is 3.07. The summed E-state index contributed by atoms with van der Waals surface area (Å²) in [6.45, 7) is 0.739. The van der Waals surface area contributed by atoms with Crippen LogP contribution in [0.2, 0.25) is 0 Å². The van der Waals surface area contributed by atoms with Crippen molar-refractivity contribution in [3.05, 3.63) is 59.8 Å². The lowest BCUT2D eigenvalue weighted by Gasteiger charge is -2.45. The molecule has 1 saturated carbocycles. The zero-order valence-electron chi connectivity index (χ0n) is 14.9. The zero-order valence-corrected chi connectivity index (χ0v) is 14.9. The van der Waals surface area contributed by atoms with Gasteiger partial charge < -0.3 is 14.8 Å². The van der Waals surface area contributed by atoms with Crippen molar-refractivity contribution in [2.45, 2.75) is 42.9 Å². The van der Waals surface area contributed by atoms with Crippen molar-refractivity contribution >= 4 is 0 Å². The molecule has 0 unspecified atom stereocenters. The molecule has 2 aromatic rings. The third-order valence-electron chi connectivity index (χ3n) is 5.57. The van der Waals surface area contributed by atoms with Crippen molar-refractivity contribution in [3.63, 3.8) is 0 Å². The highest BCUT2D eigenvalue weighted by Crippen LogP contribution is 2.44. The van der Waals surface area contributed by atoms with Crippen molar-refractivity contribution in [2.75, 3.05) is 13.7 Å². The molecule has 1 aliphatic heterocycles. The molecule has 1 aliphatic carbocycles. The van der Waals surface area contributed by atoms with Crippen molar-refractivity contribution in [1.82, 2.24) is 10.3 Å². The minimum Gasteiger partial charge on any atom is -0.481 e. The zero-order chi connectivity index (χ0) is 18.0. The molecule has 134 valence electrons. The van der Waals surface area contributed by atoms with Crippen LogP contribution in [0.4, 0.5) is 0 Å². The van der Waals surface area contributed by atoms with Gasteiger partial charge in [-0.15, -0.1) is 0 Å². The number of nitrogens with zero attached hydrogens (tertiary/aromatic N) is 2. The molecular formula is C21H23N3O2. The summed E-state index contributed by atoms with van der Waals surface area (Å²) in [6.07, 6.45) is 4.49. The van der Waals surface area contributed by atoms with E-state index in [1.807, 2.05) is 36.5 Å². The van der Waals surface area contributed by atoms with Crippen molar-refractivity contribution in [3.8, 4) is 11.9 Å². The maximum atomic E-state index is 9.73. The molecule has 1 saturated heterocycles. The predicted molar refractivity (Wildman–Crippen MR) is 97.8 cm³/mol. The summed E-state index contributed by atoms with van der Waals surface area (Å²) in [5.74, 6) is 0.608. The van der Waals surface area contributed by atoms with E-state index in [9.17, 15) is 5.26 Å². The molecule has 5 nitrogen and oxygen atoms in total. The highest BCUT2D eigenvalue weighted by atomic mass is 16.5. The highest BCUT2D eigenvalue weighted by Gasteiger charge is 2.47. The first kappa shape index (κ1) is 17.0. The summed E-state index contributed by atoms with van der Waals surface area (Å²) < 4.78 is 11.1. The number of nitriles is 1. The van der Waals surface area contributed by atoms with E-state index in [1.165, 1.54) is 0 Å². The first-order valence-electron chi connectivity index (χ1n) is 9.08. The molecule has 0 bridgehead atoms. The van der Waals surface area contributed by atoms with Gasteiger partial charge in [-0.2, -0.15) is 5.26 Å². The Hall–Kier alpha value is -2.42. The fourth-order valence-electron chi connectivity index (χ4n) is 4.12. The maximum absolute atomic E-state index is 9.73. The van der Waals surface area contributed by atoms with Crippen LogP contribution >= 0.6 is 0 Å². The fourth-order valence-corrected chi connectivity index (χ4v) is 4.12. The van der Waals surface area contributed by atoms with Gasteiger partial charge in [0.15, 0.2) is 0 Å². The lowest BCUT2D eigenvalue weighted by atomic mass is 9.62. The van der Waals surface area contributed by atoms with Gasteiger partial charge in [-0.1, -0.05) is 30.3 Å². The monoisotopic (exact) mass is 349 g/mol. The Kier molecular flexibility index (Phi) is 4.62. The second kappa shape index (κ2) is 7.06. The molecule has 0 amide bonds. The number of hydrogen-bond donors (Lipinski definition) is 1. The maximum Gasteiger partial charge on any atom is 0.212 e. The Morgan fingerprint density at radius 3 is 2.69 bits per heavy atom. The van der Waals surface area contributed by atoms with Crippen LogP contribution < -0.4 is 10.1 Å². The number of hydrogen-bond acceptors (Lipinski definition) is 5. The SMILES string of the molecule is COc1ccc([C@H]2OCC[C@@H]2NC2CC(C#N)(c3ccccc3)C2)cn1. The van der Waals surface area contributed by atoms with E-state index in [4.69, 9.17) is 9.47 Å². The molecule has 1 aromatic carbocycles. The molecule has 1 N–H and O–H groups in total. The first-order chi connectivity index (χ1) is 12.7. The summed E-state index contributed by atoms with van der Waals surface area (Å²) >= 11 is 0. The standard InChI is InChI=1S/C21H23N3O2/c1-25-19-8-7-15(13-23-19)20-18(9-10-26-20)24-17-11-21(12-17,14-22)16-5-3-2-4-6-16/h2-8,13,17-18,20,24H,9-12H2,1H3/t17?,18-,20+,21?/m0/s1. The van der Waals surface area contributed by atoms with Crippen LogP contribution in [-0.2, 0) is 10.2 Å². The summed E-state index contributed by atoms with van der Waals surface area (Å²) in [5, 5.41) is 13.4. The van der Waals surface area contributed by atoms with Crippen LogP contribution in [0.1, 0.15) is 36.5 Å². The number of ether oxygens (including phenoxy) is 2. The molecule has 2 fully saturated rings. The topological polar surface area (TPSA) is 67.2 Å². The minimum absolute atomic E-state index is 0.00205. The van der Waals surface area contributed by atoms with Gasteiger partial charge in [0.05, 0.1) is 24.7 Å². The molecule has 0 radical (unpaired) electrons. The number of benzene rings is 1. The normalized spacial score (nSPS) is 30.4. The quantitative estimate of drug-likeness (QED) is 0.898. The van der Waals surface area contributed by atoms with Crippen LogP contribution in [0, 0.1) is 11.3 Å². The number of rotatable bonds is 5. The van der Waals surface area contributed by atoms with Gasteiger partial charge in [-0.25, -0.2) is 4.98 Å². The summed E-state index contributed by atoms with van der Waals surface area (Å²) in [6, 6.07) is 17.1. The van der Waals surface area contributed by atoms with Crippen LogP contribution in [0.25, 0.3) is 0 Å². The Bertz CT molecular complexity index is 779. The van der Waals surface area contributed by atoms with Gasteiger partial charge in [0.2, 0.25) is 5.88 Å². The van der Waals surface area contributed by atoms with Gasteiger partial charge in [-0.3, -0.25) is 0 Å². The fraction of sp³-hybridized carbons (Fsp3) is 0.429. The smallest absolute Gasteiger partial charge is 0.212 e. The number of pyridine rings is 1. The van der Waals surface area contributed by atoms with Crippen LogP contribution in [0.3, 0.4) is 0 Å². The molecule has 5 heteroatoms. The van der Waals surface area contributed by atoms with Crippen LogP contribution in [0.15, 0.2) is 48.7 Å². The summed E-state index contributed by atoms with van der Waals surface area (Å²) in [7, 11) is 1.61. The van der Waals surface area contributed by atoms with E-state index in [1.54, 1.807) is 7.11 Å². The second-order valence-corrected chi connectivity index (χ2v) is 7.15. The average Bonchev–Trinajstić information content (AvgIpc) is 3.13. The van der Waals surface area contributed by atoms with Crippen molar-refractivity contribution in [2.24, 2.45) is 0 Å². The van der Waals surface area contributed by atoms with E-state index in [-0.39, 0.29) is 17.6 Å². The van der Waals surface area contributed by atoms with Gasteiger partial charge in [0.25, 0.3) is 0 Å². The summed E-state index contributed by atoms with van der Waals surface area (Å²) in [5.41, 5.74) is 1.84. The van der Waals surface area contributed by atoms with E-state index in [0.29, 0.717) is 11.9 Å². The van der Waals surface area contributed by atoms with Gasteiger partial charge in [0, 0.05) is 36.5 Å². The largest absolute Gasteiger partial charge is 0.481 e. The molecule has 2 heterocycles. The number of nitrogens with one attached hydrogen (secondary N) is 1. The van der Waals surface area contributed by atoms with E-state index in [0.717, 1.165) is 37.0 Å². The van der Waals surface area contributed by atoms with Gasteiger partial charge in [-0.05, 0) is 30.9 Å². The molecule has 26 heavy (non-hydrogen) atoms. The number of methoxy groups -OCH3 is 1. The molecule has 2 atom stereocenters. The lowest BCUT2D eigenvalue weighted by molar-refractivity contribution is 0.0884. The van der Waals surface area contributed by atoms with Crippen LogP contribution in [-0.4, -0.2) is 30.8 Å². The summed E-state index contributed by atoms with van der Waals surface area (Å²) in [4.78, 5) is 4.29. The Balaban J connectivity index is 1.41. The molecule has 0 spiro atoms. The first-order valence-corrected chi connectivity index (χ1v) is 9.08. The van der Waals surface area contributed by atoms with E-state index in [2.05, 4.69) is 28.5 Å². The lowest BCUT2D eigenvalue weighted by Crippen LogP contribution is -2.54.